The van der Waals surface area contributed by atoms with Crippen LogP contribution in [-0.2, 0) is 0 Å². The average Bonchev–Trinajstić information content (AvgIpc) is 3.87. The lowest BCUT2D eigenvalue weighted by molar-refractivity contribution is 1.01. The molecular weight excluding hydrogens is 851 g/mol. The van der Waals surface area contributed by atoms with Gasteiger partial charge in [0.1, 0.15) is 5.82 Å². The number of nitrogens with zero attached hydrogens (tertiary/aromatic N) is 5. The molecule has 0 saturated heterocycles. The first-order valence-electron chi connectivity index (χ1n) is 24.0. The number of rotatable bonds is 7. The summed E-state index contributed by atoms with van der Waals surface area (Å²) >= 11 is 0. The molecule has 334 valence electrons. The largest absolute Gasteiger partial charge is 0.308 e. The molecule has 0 unspecified atom stereocenters. The van der Waals surface area contributed by atoms with Gasteiger partial charge in [0.25, 0.3) is 0 Å². The second-order valence-electron chi connectivity index (χ2n) is 18.8. The molecule has 0 aliphatic heterocycles. The first-order valence-corrected chi connectivity index (χ1v) is 24.0. The molecule has 5 heteroatoms. The maximum absolute atomic E-state index is 11.3. The van der Waals surface area contributed by atoms with Crippen molar-refractivity contribution in [3.8, 4) is 73.2 Å². The Bertz CT molecular complexity index is 3700. The Hall–Kier alpha value is -8.85. The van der Waals surface area contributed by atoms with E-state index in [0.29, 0.717) is 11.4 Å². The lowest BCUT2D eigenvalue weighted by Gasteiger charge is -2.21. The summed E-state index contributed by atoms with van der Waals surface area (Å²) in [5, 5.41) is 15.8. The van der Waals surface area contributed by atoms with Crippen molar-refractivity contribution in [1.82, 2.24) is 19.1 Å². The number of benzene rings is 9. The number of aromatic nitrogens is 4. The fourth-order valence-electron chi connectivity index (χ4n) is 11.0. The summed E-state index contributed by atoms with van der Waals surface area (Å²) in [5.41, 5.74) is 22.9. The Morgan fingerprint density at radius 3 is 1.00 bits per heavy atom. The fourth-order valence-corrected chi connectivity index (χ4v) is 11.0. The molecule has 0 aliphatic rings. The van der Waals surface area contributed by atoms with Crippen LogP contribution in [0, 0.1) is 52.9 Å². The maximum atomic E-state index is 11.3. The quantitative estimate of drug-likeness (QED) is 0.160. The van der Waals surface area contributed by atoms with Gasteiger partial charge in [-0.1, -0.05) is 146 Å². The van der Waals surface area contributed by atoms with E-state index in [1.807, 2.05) is 13.8 Å². The van der Waals surface area contributed by atoms with Crippen LogP contribution < -0.4 is 0 Å². The monoisotopic (exact) mass is 899 g/mol. The molecule has 0 amide bonds. The molecule has 70 heavy (non-hydrogen) atoms. The molecule has 9 aromatic carbocycles. The lowest BCUT2D eigenvalue weighted by Crippen LogP contribution is -2.07. The van der Waals surface area contributed by atoms with Gasteiger partial charge in [0.05, 0.1) is 50.8 Å². The Labute approximate surface area is 408 Å². The second-order valence-corrected chi connectivity index (χ2v) is 18.8. The molecule has 0 atom stereocenters. The Morgan fingerprint density at radius 2 is 0.700 bits per heavy atom. The molecule has 0 saturated carbocycles. The average molecular weight is 900 g/mol. The van der Waals surface area contributed by atoms with Crippen molar-refractivity contribution in [1.29, 1.82) is 5.26 Å². The first kappa shape index (κ1) is 42.5. The van der Waals surface area contributed by atoms with E-state index in [-0.39, 0.29) is 0 Å². The summed E-state index contributed by atoms with van der Waals surface area (Å²) in [6.07, 6.45) is 0. The molecule has 0 fully saturated rings. The van der Waals surface area contributed by atoms with Gasteiger partial charge in [-0.05, 0) is 151 Å². The molecule has 0 N–H and O–H groups in total. The molecule has 0 bridgehead atoms. The minimum absolute atomic E-state index is 0.538. The van der Waals surface area contributed by atoms with E-state index in [0.717, 1.165) is 94.2 Å². The summed E-state index contributed by atoms with van der Waals surface area (Å²) in [6.45, 7) is 12.7. The SMILES string of the molecule is Cc1cc(-c2c(-n3c4cc(-c5ccccc5C)ccc4c4ccc(-c5ccccc5C)cc43)cc(C#N)cc2-n2c3cc(-c4ccccc4C)ccc3c3ccc(-c4ccccc4C)cc32)nc(C)n1. The molecule has 5 nitrogen and oxygen atoms in total. The molecule has 12 aromatic rings. The topological polar surface area (TPSA) is 59.4 Å². The van der Waals surface area contributed by atoms with Crippen LogP contribution in [0.4, 0.5) is 0 Å². The predicted octanol–water partition coefficient (Wildman–Crippen LogP) is 16.7. The summed E-state index contributed by atoms with van der Waals surface area (Å²) in [5.74, 6) is 0.674. The Balaban J connectivity index is 1.27. The highest BCUT2D eigenvalue weighted by Crippen LogP contribution is 2.45. The minimum atomic E-state index is 0.538. The summed E-state index contributed by atoms with van der Waals surface area (Å²) in [4.78, 5) is 10.1. The van der Waals surface area contributed by atoms with Crippen LogP contribution in [0.3, 0.4) is 0 Å². The van der Waals surface area contributed by atoms with Gasteiger partial charge in [0, 0.05) is 32.8 Å². The highest BCUT2D eigenvalue weighted by Gasteiger charge is 2.26. The van der Waals surface area contributed by atoms with Crippen molar-refractivity contribution in [3.63, 3.8) is 0 Å². The molecular formula is C65H49N5. The third kappa shape index (κ3) is 6.99. The van der Waals surface area contributed by atoms with Crippen molar-refractivity contribution < 1.29 is 0 Å². The molecule has 3 heterocycles. The van der Waals surface area contributed by atoms with Gasteiger partial charge >= 0.3 is 0 Å². The summed E-state index contributed by atoms with van der Waals surface area (Å²) < 4.78 is 4.79. The van der Waals surface area contributed by atoms with Crippen LogP contribution in [0.1, 0.15) is 39.3 Å². The van der Waals surface area contributed by atoms with Crippen LogP contribution in [0.15, 0.2) is 188 Å². The zero-order valence-corrected chi connectivity index (χ0v) is 40.1. The van der Waals surface area contributed by atoms with Gasteiger partial charge in [-0.25, -0.2) is 9.97 Å². The van der Waals surface area contributed by atoms with Crippen LogP contribution >= 0.6 is 0 Å². The van der Waals surface area contributed by atoms with Gasteiger partial charge in [0.15, 0.2) is 0 Å². The number of fused-ring (bicyclic) bond motifs is 6. The lowest BCUT2D eigenvalue weighted by atomic mass is 9.98. The van der Waals surface area contributed by atoms with Crippen molar-refractivity contribution in [2.75, 3.05) is 0 Å². The van der Waals surface area contributed by atoms with E-state index in [1.54, 1.807) is 0 Å². The molecule has 0 radical (unpaired) electrons. The van der Waals surface area contributed by atoms with Gasteiger partial charge in [0.2, 0.25) is 0 Å². The molecule has 0 aliphatic carbocycles. The third-order valence-electron chi connectivity index (χ3n) is 14.3. The van der Waals surface area contributed by atoms with E-state index < -0.39 is 0 Å². The van der Waals surface area contributed by atoms with E-state index >= 15 is 0 Å². The van der Waals surface area contributed by atoms with Crippen LogP contribution in [0.5, 0.6) is 0 Å². The van der Waals surface area contributed by atoms with Crippen LogP contribution in [0.25, 0.3) is 111 Å². The van der Waals surface area contributed by atoms with Crippen LogP contribution in [-0.4, -0.2) is 19.1 Å². The zero-order valence-electron chi connectivity index (χ0n) is 40.1. The van der Waals surface area contributed by atoms with Crippen LogP contribution in [0.2, 0.25) is 0 Å². The summed E-state index contributed by atoms with van der Waals surface area (Å²) in [6, 6.07) is 70.5. The van der Waals surface area contributed by atoms with Crippen molar-refractivity contribution >= 4 is 43.6 Å². The second kappa shape index (κ2) is 16.7. The van der Waals surface area contributed by atoms with Crippen molar-refractivity contribution in [2.24, 2.45) is 0 Å². The number of hydrogen-bond donors (Lipinski definition) is 0. The smallest absolute Gasteiger partial charge is 0.126 e. The van der Waals surface area contributed by atoms with E-state index in [1.165, 1.54) is 44.5 Å². The minimum Gasteiger partial charge on any atom is -0.308 e. The Morgan fingerprint density at radius 1 is 0.371 bits per heavy atom. The number of hydrogen-bond acceptors (Lipinski definition) is 3. The van der Waals surface area contributed by atoms with Gasteiger partial charge in [-0.2, -0.15) is 5.26 Å². The maximum Gasteiger partial charge on any atom is 0.126 e. The highest BCUT2D eigenvalue weighted by molar-refractivity contribution is 6.14. The normalized spacial score (nSPS) is 11.6. The van der Waals surface area contributed by atoms with Gasteiger partial charge in [-0.3, -0.25) is 0 Å². The molecule has 0 spiro atoms. The molecule has 3 aromatic heterocycles. The van der Waals surface area contributed by atoms with Gasteiger partial charge < -0.3 is 9.13 Å². The fraction of sp³-hybridized carbons (Fsp3) is 0.0923. The van der Waals surface area contributed by atoms with E-state index in [4.69, 9.17) is 9.97 Å². The Kier molecular flexibility index (Phi) is 10.2. The first-order chi connectivity index (χ1) is 34.1. The van der Waals surface area contributed by atoms with Crippen molar-refractivity contribution in [2.45, 2.75) is 41.5 Å². The zero-order chi connectivity index (χ0) is 47.8. The number of nitriles is 1. The molecule has 12 rings (SSSR count). The standard InChI is InChI=1S/C65H49N5/c1-39-15-7-11-19-50(39)46-23-27-54-55-28-24-47(51-20-12-8-16-40(51)2)35-60(55)69(59(54)34-46)63-32-45(38-66)33-64(65(63)58-31-43(5)67-44(6)68-58)70-61-36-48(52-21-13-9-17-41(52)3)25-29-56(61)57-30-26-49(37-62(57)70)53-22-14-10-18-42(53)4/h7-37H,1-6H3. The van der Waals surface area contributed by atoms with Crippen molar-refractivity contribution in [3.05, 3.63) is 227 Å². The van der Waals surface area contributed by atoms with E-state index in [2.05, 4.69) is 231 Å². The third-order valence-corrected chi connectivity index (χ3v) is 14.3. The van der Waals surface area contributed by atoms with Gasteiger partial charge in [-0.15, -0.1) is 0 Å². The highest BCUT2D eigenvalue weighted by atomic mass is 15.0. The van der Waals surface area contributed by atoms with E-state index in [9.17, 15) is 5.26 Å². The predicted molar refractivity (Wildman–Crippen MR) is 291 cm³/mol. The summed E-state index contributed by atoms with van der Waals surface area (Å²) in [7, 11) is 0. The number of aryl methyl sites for hydroxylation is 6.